The lowest BCUT2D eigenvalue weighted by Crippen LogP contribution is -1.93. The van der Waals surface area contributed by atoms with E-state index < -0.39 is 0 Å². The van der Waals surface area contributed by atoms with Crippen LogP contribution in [0.15, 0.2) is 109 Å². The Bertz CT molecular complexity index is 1860. The molecule has 0 amide bonds. The molecule has 0 aliphatic heterocycles. The molecule has 0 fully saturated rings. The minimum atomic E-state index is 0.376. The van der Waals surface area contributed by atoms with E-state index in [0.717, 1.165) is 54.9 Å². The summed E-state index contributed by atoms with van der Waals surface area (Å²) >= 11 is 0. The molecule has 0 saturated heterocycles. The second-order valence-corrected chi connectivity index (χ2v) is 8.51. The van der Waals surface area contributed by atoms with Crippen LogP contribution in [-0.2, 0) is 0 Å². The zero-order valence-electron chi connectivity index (χ0n) is 19.2. The molecule has 36 heavy (non-hydrogen) atoms. The number of aromatic nitrogens is 2. The molecule has 4 aromatic carbocycles. The summed E-state index contributed by atoms with van der Waals surface area (Å²) in [6.45, 7) is 0. The molecule has 166 valence electrons. The molecule has 2 heterocycles. The number of nitriles is 2. The predicted octanol–water partition coefficient (Wildman–Crippen LogP) is 7.53. The molecule has 4 nitrogen and oxygen atoms in total. The molecular weight excluding hydrogens is 440 g/mol. The standard InChI is InChI=1S/C32H18N4/c33-19-25-16-23(12-14-35-25)31-27-8-4-5-9-28(27)32(24-13-15-36-26(17-24)20-34)30-18-22(10-11-29(30)31)21-6-2-1-3-7-21/h1-18H. The molecular formula is C32H18N4. The van der Waals surface area contributed by atoms with E-state index >= 15 is 0 Å². The van der Waals surface area contributed by atoms with Gasteiger partial charge >= 0.3 is 0 Å². The highest BCUT2D eigenvalue weighted by Crippen LogP contribution is 2.44. The topological polar surface area (TPSA) is 73.4 Å². The average molecular weight is 459 g/mol. The summed E-state index contributed by atoms with van der Waals surface area (Å²) < 4.78 is 0. The third-order valence-electron chi connectivity index (χ3n) is 6.46. The van der Waals surface area contributed by atoms with Crippen LogP contribution in [0.2, 0.25) is 0 Å². The Morgan fingerprint density at radius 3 is 1.56 bits per heavy atom. The molecule has 6 rings (SSSR count). The molecule has 0 aliphatic carbocycles. The van der Waals surface area contributed by atoms with Gasteiger partial charge in [-0.1, -0.05) is 66.7 Å². The summed E-state index contributed by atoms with van der Waals surface area (Å²) in [6, 6.07) is 37.0. The van der Waals surface area contributed by atoms with Crippen LogP contribution < -0.4 is 0 Å². The van der Waals surface area contributed by atoms with E-state index in [1.54, 1.807) is 12.4 Å². The number of benzene rings is 4. The number of rotatable bonds is 3. The van der Waals surface area contributed by atoms with E-state index in [1.165, 1.54) is 0 Å². The first kappa shape index (κ1) is 21.2. The third-order valence-corrected chi connectivity index (χ3v) is 6.46. The Hall–Kier alpha value is -5.32. The van der Waals surface area contributed by atoms with Crippen LogP contribution in [0.5, 0.6) is 0 Å². The molecule has 0 bridgehead atoms. The molecule has 0 radical (unpaired) electrons. The van der Waals surface area contributed by atoms with Crippen LogP contribution in [0, 0.1) is 22.7 Å². The van der Waals surface area contributed by atoms with Crippen molar-refractivity contribution in [2.45, 2.75) is 0 Å². The minimum Gasteiger partial charge on any atom is -0.246 e. The molecule has 0 N–H and O–H groups in total. The van der Waals surface area contributed by atoms with Crippen molar-refractivity contribution in [2.24, 2.45) is 0 Å². The van der Waals surface area contributed by atoms with Gasteiger partial charge in [-0.15, -0.1) is 0 Å². The van der Waals surface area contributed by atoms with Gasteiger partial charge in [0.05, 0.1) is 0 Å². The Kier molecular flexibility index (Phi) is 5.19. The fraction of sp³-hybridized carbons (Fsp3) is 0. The van der Waals surface area contributed by atoms with Crippen LogP contribution in [0.1, 0.15) is 11.4 Å². The maximum Gasteiger partial charge on any atom is 0.141 e. The Labute approximate surface area is 208 Å². The zero-order chi connectivity index (χ0) is 24.5. The summed E-state index contributed by atoms with van der Waals surface area (Å²) in [5.41, 5.74) is 6.97. The lowest BCUT2D eigenvalue weighted by atomic mass is 9.85. The van der Waals surface area contributed by atoms with Crippen molar-refractivity contribution in [2.75, 3.05) is 0 Å². The third kappa shape index (κ3) is 3.55. The van der Waals surface area contributed by atoms with Gasteiger partial charge in [-0.2, -0.15) is 10.5 Å². The zero-order valence-corrected chi connectivity index (χ0v) is 19.2. The smallest absolute Gasteiger partial charge is 0.141 e. The van der Waals surface area contributed by atoms with Gasteiger partial charge in [-0.05, 0) is 85.3 Å². The number of pyridine rings is 2. The quantitative estimate of drug-likeness (QED) is 0.257. The monoisotopic (exact) mass is 458 g/mol. The van der Waals surface area contributed by atoms with E-state index in [0.29, 0.717) is 11.4 Å². The van der Waals surface area contributed by atoms with Crippen LogP contribution in [0.4, 0.5) is 0 Å². The van der Waals surface area contributed by atoms with E-state index in [4.69, 9.17) is 0 Å². The van der Waals surface area contributed by atoms with E-state index in [-0.39, 0.29) is 0 Å². The van der Waals surface area contributed by atoms with E-state index in [9.17, 15) is 10.5 Å². The molecule has 0 unspecified atom stereocenters. The molecule has 4 heteroatoms. The van der Waals surface area contributed by atoms with Crippen molar-refractivity contribution in [1.29, 1.82) is 10.5 Å². The summed E-state index contributed by atoms with van der Waals surface area (Å²) in [6.07, 6.45) is 3.37. The first-order chi connectivity index (χ1) is 17.8. The largest absolute Gasteiger partial charge is 0.246 e. The number of hydrogen-bond donors (Lipinski definition) is 0. The fourth-order valence-corrected chi connectivity index (χ4v) is 4.90. The molecule has 2 aromatic heterocycles. The fourth-order valence-electron chi connectivity index (χ4n) is 4.90. The van der Waals surface area contributed by atoms with Crippen molar-refractivity contribution in [3.8, 4) is 45.5 Å². The van der Waals surface area contributed by atoms with Crippen molar-refractivity contribution in [3.05, 3.63) is 121 Å². The Morgan fingerprint density at radius 2 is 0.972 bits per heavy atom. The van der Waals surface area contributed by atoms with Crippen molar-refractivity contribution < 1.29 is 0 Å². The summed E-state index contributed by atoms with van der Waals surface area (Å²) in [5.74, 6) is 0. The number of nitrogens with zero attached hydrogens (tertiary/aromatic N) is 4. The van der Waals surface area contributed by atoms with Gasteiger partial charge in [-0.25, -0.2) is 9.97 Å². The second kappa shape index (κ2) is 8.80. The lowest BCUT2D eigenvalue weighted by Gasteiger charge is -2.18. The van der Waals surface area contributed by atoms with Crippen LogP contribution in [0.3, 0.4) is 0 Å². The highest BCUT2D eigenvalue weighted by Gasteiger charge is 2.18. The van der Waals surface area contributed by atoms with Gasteiger partial charge in [0.15, 0.2) is 0 Å². The SMILES string of the molecule is N#Cc1cc(-c2c3ccccc3c(-c3ccnc(C#N)c3)c3cc(-c4ccccc4)ccc23)ccn1. The van der Waals surface area contributed by atoms with Gasteiger partial charge in [-0.3, -0.25) is 0 Å². The van der Waals surface area contributed by atoms with Gasteiger partial charge in [0.1, 0.15) is 23.5 Å². The Morgan fingerprint density at radius 1 is 0.444 bits per heavy atom. The van der Waals surface area contributed by atoms with Gasteiger partial charge < -0.3 is 0 Å². The number of fused-ring (bicyclic) bond motifs is 2. The normalized spacial score (nSPS) is 10.7. The average Bonchev–Trinajstić information content (AvgIpc) is 2.96. The number of hydrogen-bond acceptors (Lipinski definition) is 4. The van der Waals surface area contributed by atoms with Crippen LogP contribution in [-0.4, -0.2) is 9.97 Å². The summed E-state index contributed by atoms with van der Waals surface area (Å²) in [5, 5.41) is 23.3. The summed E-state index contributed by atoms with van der Waals surface area (Å²) in [7, 11) is 0. The second-order valence-electron chi connectivity index (χ2n) is 8.51. The van der Waals surface area contributed by atoms with Crippen molar-refractivity contribution >= 4 is 21.5 Å². The van der Waals surface area contributed by atoms with E-state index in [1.807, 2.05) is 54.6 Å². The van der Waals surface area contributed by atoms with Crippen LogP contribution >= 0.6 is 0 Å². The van der Waals surface area contributed by atoms with Gasteiger partial charge in [0.2, 0.25) is 0 Å². The van der Waals surface area contributed by atoms with Crippen LogP contribution in [0.25, 0.3) is 54.9 Å². The molecule has 0 spiro atoms. The summed E-state index contributed by atoms with van der Waals surface area (Å²) in [4.78, 5) is 8.38. The highest BCUT2D eigenvalue weighted by atomic mass is 14.7. The highest BCUT2D eigenvalue weighted by molar-refractivity contribution is 6.22. The lowest BCUT2D eigenvalue weighted by molar-refractivity contribution is 1.27. The van der Waals surface area contributed by atoms with E-state index in [2.05, 4.69) is 64.6 Å². The van der Waals surface area contributed by atoms with Gasteiger partial charge in [0, 0.05) is 12.4 Å². The molecule has 0 aliphatic rings. The molecule has 6 aromatic rings. The van der Waals surface area contributed by atoms with Crippen molar-refractivity contribution in [1.82, 2.24) is 9.97 Å². The van der Waals surface area contributed by atoms with Crippen molar-refractivity contribution in [3.63, 3.8) is 0 Å². The maximum atomic E-state index is 9.53. The Balaban J connectivity index is 1.79. The predicted molar refractivity (Wildman–Crippen MR) is 143 cm³/mol. The minimum absolute atomic E-state index is 0.376. The molecule has 0 atom stereocenters. The maximum absolute atomic E-state index is 9.53. The first-order valence-electron chi connectivity index (χ1n) is 11.5. The first-order valence-corrected chi connectivity index (χ1v) is 11.5. The van der Waals surface area contributed by atoms with Gasteiger partial charge in [0.25, 0.3) is 0 Å². The molecule has 0 saturated carbocycles.